The fourth-order valence-corrected chi connectivity index (χ4v) is 10.2. The van der Waals surface area contributed by atoms with Crippen LogP contribution in [0, 0.1) is 0 Å². The highest BCUT2D eigenvalue weighted by Crippen LogP contribution is 2.23. The second kappa shape index (κ2) is 59.3. The SMILES string of the molecule is CC/C=C\C/C=C\C/C=C\C/C=C\C/C=C\CCCCCCCCCCCCCCCCCC(=O)NC(COC1OC(CO)C(O)C(O)C1O)C(O)/C=C/CC/C=C/CC/C=C/CCCCCCCCCCCCCCCCCC. The van der Waals surface area contributed by atoms with E-state index in [1.165, 1.54) is 193 Å². The zero-order valence-electron chi connectivity index (χ0n) is 51.6. The predicted octanol–water partition coefficient (Wildman–Crippen LogP) is 17.9. The number of carbonyl (C=O) groups excluding carboxylic acids is 1. The van der Waals surface area contributed by atoms with Crippen molar-refractivity contribution < 1.29 is 39.8 Å². The molecule has 0 aliphatic carbocycles. The maximum Gasteiger partial charge on any atom is 0.220 e. The molecule has 9 nitrogen and oxygen atoms in total. The average Bonchev–Trinajstić information content (AvgIpc) is 3.46. The average molecular weight is 1120 g/mol. The summed E-state index contributed by atoms with van der Waals surface area (Å²) in [5.74, 6) is -0.191. The fourth-order valence-electron chi connectivity index (χ4n) is 10.2. The monoisotopic (exact) mass is 1120 g/mol. The zero-order valence-corrected chi connectivity index (χ0v) is 51.6. The number of rotatable bonds is 57. The molecule has 1 saturated heterocycles. The number of allylic oxidation sites excluding steroid dienone is 15. The van der Waals surface area contributed by atoms with Gasteiger partial charge in [0, 0.05) is 6.42 Å². The van der Waals surface area contributed by atoms with E-state index in [1.807, 2.05) is 6.08 Å². The first-order chi connectivity index (χ1) is 39.3. The number of aliphatic hydroxyl groups is 5. The predicted molar refractivity (Wildman–Crippen MR) is 341 cm³/mol. The van der Waals surface area contributed by atoms with Crippen LogP contribution in [0.5, 0.6) is 0 Å². The molecule has 9 heteroatoms. The van der Waals surface area contributed by atoms with Gasteiger partial charge in [-0.2, -0.15) is 0 Å². The number of ether oxygens (including phenoxy) is 2. The Morgan fingerprint density at radius 3 is 1.20 bits per heavy atom. The number of nitrogens with one attached hydrogen (secondary N) is 1. The van der Waals surface area contributed by atoms with Crippen LogP contribution in [-0.2, 0) is 14.3 Å². The Kier molecular flexibility index (Phi) is 55.7. The molecule has 7 unspecified atom stereocenters. The quantitative estimate of drug-likeness (QED) is 0.0261. The smallest absolute Gasteiger partial charge is 0.220 e. The molecular formula is C71H125NO8. The van der Waals surface area contributed by atoms with Crippen molar-refractivity contribution in [1.82, 2.24) is 5.32 Å². The summed E-state index contributed by atoms with van der Waals surface area (Å²) in [4.78, 5) is 13.1. The molecule has 462 valence electrons. The Morgan fingerprint density at radius 1 is 0.438 bits per heavy atom. The van der Waals surface area contributed by atoms with Crippen LogP contribution in [0.3, 0.4) is 0 Å². The van der Waals surface area contributed by atoms with Gasteiger partial charge in [0.25, 0.3) is 0 Å². The lowest BCUT2D eigenvalue weighted by Crippen LogP contribution is -2.60. The molecule has 7 atom stereocenters. The zero-order chi connectivity index (χ0) is 57.9. The molecule has 1 aliphatic heterocycles. The number of carbonyl (C=O) groups is 1. The molecule has 0 radical (unpaired) electrons. The molecule has 80 heavy (non-hydrogen) atoms. The highest BCUT2D eigenvalue weighted by atomic mass is 16.7. The van der Waals surface area contributed by atoms with Crippen molar-refractivity contribution in [2.75, 3.05) is 13.2 Å². The van der Waals surface area contributed by atoms with Gasteiger partial charge in [-0.25, -0.2) is 0 Å². The normalized spacial score (nSPS) is 19.1. The van der Waals surface area contributed by atoms with Crippen molar-refractivity contribution >= 4 is 5.91 Å². The molecular weight excluding hydrogens is 995 g/mol. The van der Waals surface area contributed by atoms with Crippen LogP contribution in [0.15, 0.2) is 97.2 Å². The van der Waals surface area contributed by atoms with Gasteiger partial charge in [0.15, 0.2) is 6.29 Å². The summed E-state index contributed by atoms with van der Waals surface area (Å²) in [6, 6.07) is -0.835. The molecule has 1 fully saturated rings. The minimum atomic E-state index is -1.58. The van der Waals surface area contributed by atoms with E-state index in [-0.39, 0.29) is 12.5 Å². The van der Waals surface area contributed by atoms with Crippen molar-refractivity contribution in [3.05, 3.63) is 97.2 Å². The Hall–Kier alpha value is -2.89. The van der Waals surface area contributed by atoms with Crippen LogP contribution in [0.2, 0.25) is 0 Å². The Bertz CT molecular complexity index is 1580. The largest absolute Gasteiger partial charge is 0.394 e. The van der Waals surface area contributed by atoms with Crippen molar-refractivity contribution in [2.45, 2.75) is 333 Å². The number of amides is 1. The van der Waals surface area contributed by atoms with Gasteiger partial charge in [0.05, 0.1) is 25.4 Å². The molecule has 1 rings (SSSR count). The molecule has 0 bridgehead atoms. The van der Waals surface area contributed by atoms with E-state index in [2.05, 4.69) is 104 Å². The summed E-state index contributed by atoms with van der Waals surface area (Å²) in [5.41, 5.74) is 0. The van der Waals surface area contributed by atoms with Crippen LogP contribution in [0.1, 0.15) is 290 Å². The molecule has 1 aliphatic rings. The van der Waals surface area contributed by atoms with Gasteiger partial charge in [-0.05, 0) is 89.9 Å². The first-order valence-corrected chi connectivity index (χ1v) is 33.5. The van der Waals surface area contributed by atoms with Crippen LogP contribution < -0.4 is 5.32 Å². The molecule has 1 heterocycles. The molecule has 0 aromatic heterocycles. The Morgan fingerprint density at radius 2 is 0.787 bits per heavy atom. The standard InChI is InChI=1S/C71H125NO8/c1-3-5-7-9-11-13-15-17-19-21-23-25-27-29-31-32-33-34-35-37-39-41-43-45-47-49-51-53-55-57-59-61-67(75)72-64(63-79-71-70(78)69(77)68(76)66(62-73)80-71)65(74)60-58-56-54-52-50-48-46-44-42-40-38-36-30-28-26-24-22-20-18-16-14-12-10-8-6-4-2/h5,7,11,13,17,19,23,25,29,31,42,44,50,52,58,60,64-66,68-71,73-74,76-78H,3-4,6,8-10,12,14-16,18,20-22,24,26-28,30,32-41,43,45-49,51,53-57,59,61-63H2,1-2H3,(H,72,75)/b7-5-,13-11-,19-17-,25-23-,31-29-,44-42+,52-50+,60-58+. The van der Waals surface area contributed by atoms with Crippen LogP contribution in [-0.4, -0.2) is 87.5 Å². The van der Waals surface area contributed by atoms with E-state index in [4.69, 9.17) is 9.47 Å². The molecule has 0 spiro atoms. The van der Waals surface area contributed by atoms with Crippen molar-refractivity contribution in [3.63, 3.8) is 0 Å². The second-order valence-electron chi connectivity index (χ2n) is 22.9. The van der Waals surface area contributed by atoms with Gasteiger partial charge in [0.1, 0.15) is 24.4 Å². The molecule has 0 saturated carbocycles. The summed E-state index contributed by atoms with van der Waals surface area (Å²) >= 11 is 0. The third-order valence-corrected chi connectivity index (χ3v) is 15.4. The van der Waals surface area contributed by atoms with Gasteiger partial charge >= 0.3 is 0 Å². The number of hydrogen-bond donors (Lipinski definition) is 6. The molecule has 0 aromatic carbocycles. The highest BCUT2D eigenvalue weighted by molar-refractivity contribution is 5.76. The summed E-state index contributed by atoms with van der Waals surface area (Å²) in [7, 11) is 0. The van der Waals surface area contributed by atoms with E-state index in [9.17, 15) is 30.3 Å². The summed E-state index contributed by atoms with van der Waals surface area (Å²) in [5, 5.41) is 54.7. The number of hydrogen-bond acceptors (Lipinski definition) is 8. The minimum Gasteiger partial charge on any atom is -0.394 e. The third-order valence-electron chi connectivity index (χ3n) is 15.4. The van der Waals surface area contributed by atoms with Crippen LogP contribution in [0.4, 0.5) is 0 Å². The second-order valence-corrected chi connectivity index (χ2v) is 22.9. The van der Waals surface area contributed by atoms with Gasteiger partial charge in [-0.3, -0.25) is 4.79 Å². The van der Waals surface area contributed by atoms with Gasteiger partial charge in [-0.15, -0.1) is 0 Å². The topological polar surface area (TPSA) is 149 Å². The number of aliphatic hydroxyl groups excluding tert-OH is 5. The first-order valence-electron chi connectivity index (χ1n) is 33.5. The van der Waals surface area contributed by atoms with E-state index >= 15 is 0 Å². The fraction of sp³-hybridized carbons (Fsp3) is 0.761. The molecule has 0 aromatic rings. The van der Waals surface area contributed by atoms with Crippen molar-refractivity contribution in [1.29, 1.82) is 0 Å². The lowest BCUT2D eigenvalue weighted by Gasteiger charge is -2.40. The van der Waals surface area contributed by atoms with E-state index < -0.39 is 49.5 Å². The van der Waals surface area contributed by atoms with Crippen LogP contribution in [0.25, 0.3) is 0 Å². The van der Waals surface area contributed by atoms with Gasteiger partial charge in [-0.1, -0.05) is 291 Å². The Labute approximate surface area is 492 Å². The Balaban J connectivity index is 2.19. The summed E-state index contributed by atoms with van der Waals surface area (Å²) in [6.45, 7) is 3.67. The maximum atomic E-state index is 13.1. The molecule has 6 N–H and O–H groups in total. The maximum absolute atomic E-state index is 13.1. The summed E-state index contributed by atoms with van der Waals surface area (Å²) in [6.07, 6.45) is 79.3. The van der Waals surface area contributed by atoms with Crippen LogP contribution >= 0.6 is 0 Å². The summed E-state index contributed by atoms with van der Waals surface area (Å²) < 4.78 is 11.3. The van der Waals surface area contributed by atoms with E-state index in [1.54, 1.807) is 6.08 Å². The van der Waals surface area contributed by atoms with Gasteiger partial charge in [0.2, 0.25) is 5.91 Å². The van der Waals surface area contributed by atoms with E-state index in [0.29, 0.717) is 6.42 Å². The lowest BCUT2D eigenvalue weighted by atomic mass is 9.99. The van der Waals surface area contributed by atoms with Crippen molar-refractivity contribution in [3.8, 4) is 0 Å². The highest BCUT2D eigenvalue weighted by Gasteiger charge is 2.44. The number of unbranched alkanes of at least 4 members (excludes halogenated alkanes) is 33. The van der Waals surface area contributed by atoms with Crippen molar-refractivity contribution in [2.24, 2.45) is 0 Å². The molecule has 1 amide bonds. The van der Waals surface area contributed by atoms with E-state index in [0.717, 1.165) is 77.0 Å². The van der Waals surface area contributed by atoms with Gasteiger partial charge < -0.3 is 40.3 Å². The minimum absolute atomic E-state index is 0.191. The first kappa shape index (κ1) is 75.1. The third kappa shape index (κ3) is 47.6. The lowest BCUT2D eigenvalue weighted by molar-refractivity contribution is -0.302.